The molecular weight excluding hydrogens is 300 g/mol. The number of hydrogen-bond acceptors (Lipinski definition) is 4. The van der Waals surface area contributed by atoms with E-state index in [9.17, 15) is 15.2 Å². The van der Waals surface area contributed by atoms with E-state index in [0.717, 1.165) is 18.7 Å². The zero-order valence-electron chi connectivity index (χ0n) is 10.0. The van der Waals surface area contributed by atoms with Gasteiger partial charge in [0.15, 0.2) is 0 Å². The Bertz CT molecular complexity index is 467. The number of rotatable bonds is 3. The minimum Gasteiger partial charge on any atom is -0.394 e. The van der Waals surface area contributed by atoms with Crippen molar-refractivity contribution in [2.45, 2.75) is 19.4 Å². The number of halogens is 1. The van der Waals surface area contributed by atoms with Crippen LogP contribution in [0.5, 0.6) is 0 Å². The molecule has 1 aromatic carbocycles. The van der Waals surface area contributed by atoms with Gasteiger partial charge in [-0.05, 0) is 34.3 Å². The van der Waals surface area contributed by atoms with Crippen LogP contribution in [0, 0.1) is 16.0 Å². The van der Waals surface area contributed by atoms with E-state index in [0.29, 0.717) is 10.4 Å². The lowest BCUT2D eigenvalue weighted by molar-refractivity contribution is -0.384. The number of aliphatic hydroxyl groups excluding tert-OH is 1. The Morgan fingerprint density at radius 1 is 1.61 bits per heavy atom. The largest absolute Gasteiger partial charge is 0.394 e. The molecular formula is C12H15BrN2O3. The highest BCUT2D eigenvalue weighted by atomic mass is 79.9. The van der Waals surface area contributed by atoms with Crippen LogP contribution in [-0.2, 0) is 0 Å². The molecule has 1 aliphatic rings. The molecule has 1 aromatic rings. The van der Waals surface area contributed by atoms with Crippen LogP contribution in [0.2, 0.25) is 0 Å². The fourth-order valence-corrected chi connectivity index (χ4v) is 3.02. The maximum atomic E-state index is 10.7. The minimum atomic E-state index is -0.412. The van der Waals surface area contributed by atoms with Crippen LogP contribution in [0.1, 0.15) is 13.3 Å². The molecule has 0 bridgehead atoms. The van der Waals surface area contributed by atoms with Crippen LogP contribution >= 0.6 is 15.9 Å². The van der Waals surface area contributed by atoms with Gasteiger partial charge in [0.25, 0.3) is 5.69 Å². The van der Waals surface area contributed by atoms with Gasteiger partial charge in [-0.1, -0.05) is 6.92 Å². The summed E-state index contributed by atoms with van der Waals surface area (Å²) in [5.74, 6) is 0.428. The lowest BCUT2D eigenvalue weighted by Gasteiger charge is -2.28. The highest BCUT2D eigenvalue weighted by Gasteiger charge is 2.31. The minimum absolute atomic E-state index is 0.0680. The molecule has 0 aromatic heterocycles. The molecule has 0 amide bonds. The summed E-state index contributed by atoms with van der Waals surface area (Å²) in [6, 6.07) is 4.83. The van der Waals surface area contributed by atoms with Crippen molar-refractivity contribution in [3.63, 3.8) is 0 Å². The third-order valence-corrected chi connectivity index (χ3v) is 4.16. The number of nitro benzene ring substituents is 1. The van der Waals surface area contributed by atoms with Crippen LogP contribution < -0.4 is 4.90 Å². The summed E-state index contributed by atoms with van der Waals surface area (Å²) in [6.07, 6.45) is 1.02. The summed E-state index contributed by atoms with van der Waals surface area (Å²) < 4.78 is 0.698. The highest BCUT2D eigenvalue weighted by molar-refractivity contribution is 9.10. The second-order valence-electron chi connectivity index (χ2n) is 4.60. The number of hydrogen-bond donors (Lipinski definition) is 1. The molecule has 2 rings (SSSR count). The summed E-state index contributed by atoms with van der Waals surface area (Å²) in [4.78, 5) is 12.4. The van der Waals surface area contributed by atoms with Gasteiger partial charge in [0.1, 0.15) is 0 Å². The molecule has 0 spiro atoms. The first-order valence-corrected chi connectivity index (χ1v) is 6.65. The topological polar surface area (TPSA) is 66.6 Å². The Morgan fingerprint density at radius 3 is 2.89 bits per heavy atom. The number of benzene rings is 1. The van der Waals surface area contributed by atoms with Gasteiger partial charge in [-0.2, -0.15) is 0 Å². The average Bonchev–Trinajstić information content (AvgIpc) is 2.70. The Balaban J connectivity index is 2.31. The van der Waals surface area contributed by atoms with E-state index < -0.39 is 4.92 Å². The first kappa shape index (κ1) is 13.3. The summed E-state index contributed by atoms with van der Waals surface area (Å²) >= 11 is 3.37. The summed E-state index contributed by atoms with van der Waals surface area (Å²) in [5, 5.41) is 20.1. The monoisotopic (exact) mass is 314 g/mol. The number of nitro groups is 1. The molecule has 0 aliphatic carbocycles. The normalized spacial score (nSPS) is 23.4. The van der Waals surface area contributed by atoms with Crippen LogP contribution in [-0.4, -0.2) is 29.2 Å². The molecule has 0 saturated carbocycles. The maximum absolute atomic E-state index is 10.7. The van der Waals surface area contributed by atoms with E-state index in [1.54, 1.807) is 6.07 Å². The highest BCUT2D eigenvalue weighted by Crippen LogP contribution is 2.36. The molecule has 1 saturated heterocycles. The summed E-state index contributed by atoms with van der Waals surface area (Å²) in [5.41, 5.74) is 0.974. The van der Waals surface area contributed by atoms with Crippen molar-refractivity contribution in [1.82, 2.24) is 0 Å². The molecule has 1 N–H and O–H groups in total. The predicted octanol–water partition coefficient (Wildman–Crippen LogP) is 2.56. The van der Waals surface area contributed by atoms with E-state index in [-0.39, 0.29) is 18.3 Å². The first-order chi connectivity index (χ1) is 8.54. The van der Waals surface area contributed by atoms with Gasteiger partial charge in [-0.25, -0.2) is 0 Å². The van der Waals surface area contributed by atoms with Gasteiger partial charge >= 0.3 is 0 Å². The van der Waals surface area contributed by atoms with Crippen molar-refractivity contribution < 1.29 is 10.0 Å². The van der Waals surface area contributed by atoms with E-state index in [4.69, 9.17) is 0 Å². The van der Waals surface area contributed by atoms with Crippen molar-refractivity contribution in [2.75, 3.05) is 18.1 Å². The molecule has 98 valence electrons. The van der Waals surface area contributed by atoms with Crippen LogP contribution in [0.15, 0.2) is 22.7 Å². The molecule has 2 unspecified atom stereocenters. The Morgan fingerprint density at radius 2 is 2.33 bits per heavy atom. The van der Waals surface area contributed by atoms with Gasteiger partial charge in [0.05, 0.1) is 23.3 Å². The smallest absolute Gasteiger partial charge is 0.270 e. The van der Waals surface area contributed by atoms with Crippen molar-refractivity contribution >= 4 is 27.3 Å². The first-order valence-electron chi connectivity index (χ1n) is 5.86. The van der Waals surface area contributed by atoms with Gasteiger partial charge in [-0.3, -0.25) is 10.1 Å². The standard InChI is InChI=1S/C12H15BrN2O3/c1-8-4-5-14(12(8)7-16)11-3-2-9(15(17)18)6-10(11)13/h2-3,6,8,12,16H,4-5,7H2,1H3. The third-order valence-electron chi connectivity index (χ3n) is 3.52. The fraction of sp³-hybridized carbons (Fsp3) is 0.500. The molecule has 1 fully saturated rings. The van der Waals surface area contributed by atoms with Crippen LogP contribution in [0.3, 0.4) is 0 Å². The fourth-order valence-electron chi connectivity index (χ4n) is 2.43. The Kier molecular flexibility index (Phi) is 3.87. The quantitative estimate of drug-likeness (QED) is 0.688. The predicted molar refractivity (Wildman–Crippen MR) is 72.8 cm³/mol. The Hall–Kier alpha value is -1.14. The van der Waals surface area contributed by atoms with E-state index in [2.05, 4.69) is 27.8 Å². The molecule has 1 aliphatic heterocycles. The van der Waals surface area contributed by atoms with Crippen molar-refractivity contribution in [3.8, 4) is 0 Å². The lowest BCUT2D eigenvalue weighted by atomic mass is 10.0. The van der Waals surface area contributed by atoms with Crippen LogP contribution in [0.4, 0.5) is 11.4 Å². The second kappa shape index (κ2) is 5.24. The third kappa shape index (κ3) is 2.35. The zero-order chi connectivity index (χ0) is 13.3. The lowest BCUT2D eigenvalue weighted by Crippen LogP contribution is -2.35. The molecule has 5 nitrogen and oxygen atoms in total. The second-order valence-corrected chi connectivity index (χ2v) is 5.46. The summed E-state index contributed by atoms with van der Waals surface area (Å²) in [6.45, 7) is 3.08. The van der Waals surface area contributed by atoms with Gasteiger partial charge < -0.3 is 10.0 Å². The molecule has 1 heterocycles. The summed E-state index contributed by atoms with van der Waals surface area (Å²) in [7, 11) is 0. The van der Waals surface area contributed by atoms with Crippen molar-refractivity contribution in [2.24, 2.45) is 5.92 Å². The SMILES string of the molecule is CC1CCN(c2ccc([N+](=O)[O-])cc2Br)C1CO. The number of non-ortho nitro benzene ring substituents is 1. The number of nitrogens with zero attached hydrogens (tertiary/aromatic N) is 2. The Labute approximate surface area is 114 Å². The zero-order valence-corrected chi connectivity index (χ0v) is 11.6. The van der Waals surface area contributed by atoms with E-state index >= 15 is 0 Å². The molecule has 18 heavy (non-hydrogen) atoms. The van der Waals surface area contributed by atoms with Crippen molar-refractivity contribution in [3.05, 3.63) is 32.8 Å². The van der Waals surface area contributed by atoms with Gasteiger partial charge in [0.2, 0.25) is 0 Å². The molecule has 2 atom stereocenters. The van der Waals surface area contributed by atoms with Crippen LogP contribution in [0.25, 0.3) is 0 Å². The molecule has 0 radical (unpaired) electrons. The average molecular weight is 315 g/mol. The number of aliphatic hydroxyl groups is 1. The molecule has 6 heteroatoms. The maximum Gasteiger partial charge on any atom is 0.270 e. The van der Waals surface area contributed by atoms with E-state index in [1.165, 1.54) is 12.1 Å². The number of anilines is 1. The van der Waals surface area contributed by atoms with Crippen molar-refractivity contribution in [1.29, 1.82) is 0 Å². The van der Waals surface area contributed by atoms with Gasteiger partial charge in [-0.15, -0.1) is 0 Å². The van der Waals surface area contributed by atoms with E-state index in [1.807, 2.05) is 0 Å². The van der Waals surface area contributed by atoms with Gasteiger partial charge in [0, 0.05) is 23.2 Å².